The van der Waals surface area contributed by atoms with Crippen LogP contribution in [0.25, 0.3) is 0 Å². The second-order valence-corrected chi connectivity index (χ2v) is 7.27. The third kappa shape index (κ3) is 3.94. The summed E-state index contributed by atoms with van der Waals surface area (Å²) < 4.78 is 65.6. The van der Waals surface area contributed by atoms with Gasteiger partial charge in [0.05, 0.1) is 10.5 Å². The number of alkyl halides is 3. The molecular weight excluding hydrogens is 355 g/mol. The zero-order chi connectivity index (χ0) is 17.4. The van der Waals surface area contributed by atoms with E-state index in [1.807, 2.05) is 0 Å². The molecule has 0 amide bonds. The van der Waals surface area contributed by atoms with Gasteiger partial charge in [-0.15, -0.1) is 0 Å². The van der Waals surface area contributed by atoms with Crippen LogP contribution < -0.4 is 4.74 Å². The second kappa shape index (κ2) is 6.01. The first-order valence-electron chi connectivity index (χ1n) is 6.26. The number of ether oxygens (including phenoxy) is 1. The highest BCUT2D eigenvalue weighted by atomic mass is 35.7. The molecule has 0 atom stereocenters. The molecule has 9 heteroatoms. The van der Waals surface area contributed by atoms with Gasteiger partial charge in [-0.25, -0.2) is 13.4 Å². The molecule has 1 aromatic carbocycles. The van der Waals surface area contributed by atoms with Crippen LogP contribution in [0.5, 0.6) is 11.6 Å². The van der Waals surface area contributed by atoms with Crippen LogP contribution in [0.4, 0.5) is 13.2 Å². The average molecular weight is 366 g/mol. The smallest absolute Gasteiger partial charge is 0.417 e. The normalized spacial score (nSPS) is 12.3. The summed E-state index contributed by atoms with van der Waals surface area (Å²) in [7, 11) is 1.43. The van der Waals surface area contributed by atoms with E-state index < -0.39 is 20.8 Å². The third-order valence-corrected chi connectivity index (χ3v) is 4.69. The predicted octanol–water partition coefficient (Wildman–Crippen LogP) is 4.44. The van der Waals surface area contributed by atoms with Crippen LogP contribution in [-0.2, 0) is 15.2 Å². The van der Waals surface area contributed by atoms with Crippen LogP contribution in [0.15, 0.2) is 35.4 Å². The molecule has 0 saturated heterocycles. The zero-order valence-electron chi connectivity index (χ0n) is 12.0. The van der Waals surface area contributed by atoms with E-state index in [4.69, 9.17) is 15.4 Å². The molecule has 23 heavy (non-hydrogen) atoms. The Balaban J connectivity index is 2.33. The standard InChI is InChI=1S/C14H11ClF3NO3S/c1-8-9(2)12(23(15,20)21)5-4-11(8)22-13-6-3-10(7-19-13)14(16,17)18/h3-7H,1-2H3. The first-order chi connectivity index (χ1) is 10.5. The van der Waals surface area contributed by atoms with Gasteiger partial charge in [0.25, 0.3) is 9.05 Å². The number of hydrogen-bond acceptors (Lipinski definition) is 4. The Kier molecular flexibility index (Phi) is 4.59. The summed E-state index contributed by atoms with van der Waals surface area (Å²) in [6, 6.07) is 4.58. The van der Waals surface area contributed by atoms with Crippen LogP contribution in [0, 0.1) is 13.8 Å². The van der Waals surface area contributed by atoms with Gasteiger partial charge >= 0.3 is 6.18 Å². The maximum Gasteiger partial charge on any atom is 0.417 e. The van der Waals surface area contributed by atoms with Gasteiger partial charge in [0.2, 0.25) is 5.88 Å². The van der Waals surface area contributed by atoms with Gasteiger partial charge in [-0.2, -0.15) is 13.2 Å². The van der Waals surface area contributed by atoms with E-state index in [1.54, 1.807) is 13.8 Å². The molecular formula is C14H11ClF3NO3S. The largest absolute Gasteiger partial charge is 0.439 e. The third-order valence-electron chi connectivity index (χ3n) is 3.23. The van der Waals surface area contributed by atoms with E-state index in [-0.39, 0.29) is 16.5 Å². The summed E-state index contributed by atoms with van der Waals surface area (Å²) in [6.07, 6.45) is -3.82. The maximum atomic E-state index is 12.5. The number of halogens is 4. The number of nitrogens with zero attached hydrogens (tertiary/aromatic N) is 1. The Morgan fingerprint density at radius 2 is 1.74 bits per heavy atom. The molecule has 1 heterocycles. The molecule has 2 rings (SSSR count). The van der Waals surface area contributed by atoms with E-state index in [0.717, 1.165) is 12.1 Å². The summed E-state index contributed by atoms with van der Waals surface area (Å²) in [5.41, 5.74) is -0.000770. The molecule has 1 aromatic heterocycles. The molecule has 0 aliphatic carbocycles. The lowest BCUT2D eigenvalue weighted by Crippen LogP contribution is -2.05. The molecule has 0 fully saturated rings. The van der Waals surface area contributed by atoms with E-state index in [1.165, 1.54) is 12.1 Å². The molecule has 0 spiro atoms. The molecule has 2 aromatic rings. The second-order valence-electron chi connectivity index (χ2n) is 4.73. The Labute approximate surface area is 135 Å². The van der Waals surface area contributed by atoms with Crippen molar-refractivity contribution in [2.45, 2.75) is 24.9 Å². The monoisotopic (exact) mass is 365 g/mol. The summed E-state index contributed by atoms with van der Waals surface area (Å²) in [6.45, 7) is 3.16. The van der Waals surface area contributed by atoms with Gasteiger partial charge in [-0.1, -0.05) is 0 Å². The van der Waals surface area contributed by atoms with Crippen molar-refractivity contribution in [3.63, 3.8) is 0 Å². The predicted molar refractivity (Wildman–Crippen MR) is 78.3 cm³/mol. The van der Waals surface area contributed by atoms with E-state index >= 15 is 0 Å². The van der Waals surface area contributed by atoms with Crippen molar-refractivity contribution in [2.75, 3.05) is 0 Å². The highest BCUT2D eigenvalue weighted by molar-refractivity contribution is 8.13. The fourth-order valence-corrected chi connectivity index (χ4v) is 3.12. The van der Waals surface area contributed by atoms with Crippen molar-refractivity contribution in [1.29, 1.82) is 0 Å². The van der Waals surface area contributed by atoms with Crippen LogP contribution in [-0.4, -0.2) is 13.4 Å². The first kappa shape index (κ1) is 17.6. The summed E-state index contributed by atoms with van der Waals surface area (Å²) in [5, 5.41) is 0. The summed E-state index contributed by atoms with van der Waals surface area (Å²) in [4.78, 5) is 3.54. The highest BCUT2D eigenvalue weighted by Crippen LogP contribution is 2.33. The number of aromatic nitrogens is 1. The Bertz CT molecular complexity index is 834. The minimum atomic E-state index is -4.48. The van der Waals surface area contributed by atoms with Crippen molar-refractivity contribution in [3.8, 4) is 11.6 Å². The van der Waals surface area contributed by atoms with Crippen molar-refractivity contribution in [1.82, 2.24) is 4.98 Å². The topological polar surface area (TPSA) is 56.3 Å². The lowest BCUT2D eigenvalue weighted by Gasteiger charge is -2.13. The fraction of sp³-hybridized carbons (Fsp3) is 0.214. The quantitative estimate of drug-likeness (QED) is 0.755. The highest BCUT2D eigenvalue weighted by Gasteiger charge is 2.30. The minimum absolute atomic E-state index is 0.0398. The van der Waals surface area contributed by atoms with Crippen LogP contribution >= 0.6 is 10.7 Å². The molecule has 0 aliphatic rings. The lowest BCUT2D eigenvalue weighted by atomic mass is 10.1. The van der Waals surface area contributed by atoms with Gasteiger partial charge in [0.1, 0.15) is 5.75 Å². The number of hydrogen-bond donors (Lipinski definition) is 0. The number of pyridine rings is 1. The van der Waals surface area contributed by atoms with Crippen molar-refractivity contribution in [3.05, 3.63) is 47.2 Å². The summed E-state index contributed by atoms with van der Waals surface area (Å²) >= 11 is 0. The van der Waals surface area contributed by atoms with Crippen LogP contribution in [0.2, 0.25) is 0 Å². The Hall–Kier alpha value is -1.80. The first-order valence-corrected chi connectivity index (χ1v) is 8.57. The van der Waals surface area contributed by atoms with Gasteiger partial charge in [0, 0.05) is 22.9 Å². The van der Waals surface area contributed by atoms with Crippen molar-refractivity contribution in [2.24, 2.45) is 0 Å². The van der Waals surface area contributed by atoms with E-state index in [9.17, 15) is 21.6 Å². The molecule has 0 bridgehead atoms. The molecule has 0 unspecified atom stereocenters. The molecule has 0 saturated carbocycles. The fourth-order valence-electron chi connectivity index (χ4n) is 1.87. The lowest BCUT2D eigenvalue weighted by molar-refractivity contribution is -0.137. The minimum Gasteiger partial charge on any atom is -0.439 e. The zero-order valence-corrected chi connectivity index (χ0v) is 13.6. The van der Waals surface area contributed by atoms with Crippen LogP contribution in [0.1, 0.15) is 16.7 Å². The number of rotatable bonds is 3. The van der Waals surface area contributed by atoms with Gasteiger partial charge < -0.3 is 4.74 Å². The maximum absolute atomic E-state index is 12.5. The molecule has 4 nitrogen and oxygen atoms in total. The van der Waals surface area contributed by atoms with Crippen molar-refractivity contribution >= 4 is 19.7 Å². The van der Waals surface area contributed by atoms with Gasteiger partial charge in [-0.3, -0.25) is 0 Å². The molecule has 124 valence electrons. The Morgan fingerprint density at radius 3 is 2.22 bits per heavy atom. The SMILES string of the molecule is Cc1c(Oc2ccc(C(F)(F)F)cn2)ccc(S(=O)(=O)Cl)c1C. The van der Waals surface area contributed by atoms with Gasteiger partial charge in [-0.05, 0) is 43.2 Å². The van der Waals surface area contributed by atoms with Gasteiger partial charge in [0.15, 0.2) is 0 Å². The van der Waals surface area contributed by atoms with Crippen molar-refractivity contribution < 1.29 is 26.3 Å². The average Bonchev–Trinajstić information content (AvgIpc) is 2.42. The molecule has 0 aliphatic heterocycles. The number of benzene rings is 1. The summed E-state index contributed by atoms with van der Waals surface area (Å²) in [5.74, 6) is 0.237. The van der Waals surface area contributed by atoms with E-state index in [0.29, 0.717) is 17.3 Å². The molecule has 0 radical (unpaired) electrons. The van der Waals surface area contributed by atoms with E-state index in [2.05, 4.69) is 4.98 Å². The molecule has 0 N–H and O–H groups in total. The Morgan fingerprint density at radius 1 is 1.09 bits per heavy atom. The van der Waals surface area contributed by atoms with Crippen LogP contribution in [0.3, 0.4) is 0 Å².